The maximum Gasteiger partial charge on any atom is 0.411 e. The first-order valence-corrected chi connectivity index (χ1v) is 20.4. The minimum absolute atomic E-state index is 0.0142. The number of Topliss-reactive ketones (excluding diaryl/α,β-unsaturated/α-hetero) is 1. The summed E-state index contributed by atoms with van der Waals surface area (Å²) in [6, 6.07) is 13.7. The van der Waals surface area contributed by atoms with Crippen LogP contribution in [0.1, 0.15) is 95.2 Å². The first kappa shape index (κ1) is 43.4. The number of likely N-dealkylation sites (tertiary alicyclic amines) is 1. The van der Waals surface area contributed by atoms with Crippen LogP contribution in [0.3, 0.4) is 0 Å². The predicted octanol–water partition coefficient (Wildman–Crippen LogP) is 7.04. The molecule has 316 valence electrons. The first-order chi connectivity index (χ1) is 28.5. The number of nitrogens with zero attached hydrogens (tertiary/aromatic N) is 4. The fourth-order valence-corrected chi connectivity index (χ4v) is 8.34. The molecule has 0 spiro atoms. The summed E-state index contributed by atoms with van der Waals surface area (Å²) >= 11 is 0. The zero-order chi connectivity index (χ0) is 43.5. The molecule has 14 nitrogen and oxygen atoms in total. The number of ketones is 1. The van der Waals surface area contributed by atoms with E-state index >= 15 is 9.59 Å². The third-order valence-corrected chi connectivity index (χ3v) is 11.7. The number of carboxylic acids is 1. The lowest BCUT2D eigenvalue weighted by Crippen LogP contribution is -2.68. The molecule has 3 N–H and O–H groups in total. The molecular formula is C46H54N6O8. The molecule has 0 bridgehead atoms. The molecule has 2 aliphatic rings. The maximum absolute atomic E-state index is 15.7. The number of nitrogens with one attached hydrogen (secondary N) is 2. The number of carbonyl (C=O) groups excluding carboxylic acids is 4. The lowest BCUT2D eigenvalue weighted by atomic mass is 9.82. The molecule has 1 aliphatic heterocycles. The Balaban J connectivity index is 1.49. The van der Waals surface area contributed by atoms with Gasteiger partial charge in [0.1, 0.15) is 22.9 Å². The van der Waals surface area contributed by atoms with Crippen molar-refractivity contribution in [3.05, 3.63) is 97.6 Å². The highest BCUT2D eigenvalue weighted by Crippen LogP contribution is 2.60. The molecule has 3 amide bonds. The third kappa shape index (κ3) is 8.32. The standard InChI is InChI=1S/C46H54N6O8/c1-8-11-12-13-14-23-35(49-38(54)36-26-47-29(4)25-48-36)37(53)45(40(55)51-46(41(56)57)28-44(46,9-2)10-3)24-30(27-52(45)42(58)60-43(5,6)7)59-39-33-21-16-15-19-31(33)32-20-17-18-22-34(32)50-39/h8-9,15-22,25-26,30,35H,1-2,10-14,23-24,27-28H2,3-7H3,(H,49,54)(H,51,55)(H,56,57)/t30-,35+,44+,45+,46+/m1/s1. The number of unbranched alkanes of at least 4 members (excludes halogenated alkanes) is 3. The molecule has 2 aromatic heterocycles. The summed E-state index contributed by atoms with van der Waals surface area (Å²) in [5.74, 6) is -3.70. The monoisotopic (exact) mass is 818 g/mol. The van der Waals surface area contributed by atoms with Crippen molar-refractivity contribution >= 4 is 51.3 Å². The van der Waals surface area contributed by atoms with Gasteiger partial charge in [-0.1, -0.05) is 68.3 Å². The Bertz CT molecular complexity index is 2330. The number of aromatic nitrogens is 3. The van der Waals surface area contributed by atoms with E-state index in [4.69, 9.17) is 14.5 Å². The molecule has 1 saturated heterocycles. The molecule has 0 radical (unpaired) electrons. The number of hydrogen-bond donors (Lipinski definition) is 3. The van der Waals surface area contributed by atoms with Crippen molar-refractivity contribution in [2.24, 2.45) is 5.41 Å². The van der Waals surface area contributed by atoms with Crippen LogP contribution in [-0.4, -0.2) is 90.0 Å². The van der Waals surface area contributed by atoms with E-state index in [1.807, 2.05) is 48.5 Å². The number of aryl methyl sites for hydroxylation is 1. The molecule has 2 aromatic carbocycles. The van der Waals surface area contributed by atoms with E-state index in [0.717, 1.165) is 28.5 Å². The number of benzene rings is 2. The van der Waals surface area contributed by atoms with Crippen LogP contribution in [0, 0.1) is 12.3 Å². The largest absolute Gasteiger partial charge is 0.479 e. The number of ether oxygens (including phenoxy) is 2. The van der Waals surface area contributed by atoms with Gasteiger partial charge in [0.15, 0.2) is 11.3 Å². The van der Waals surface area contributed by atoms with Crippen LogP contribution in [0.25, 0.3) is 21.7 Å². The molecule has 4 aromatic rings. The Kier molecular flexibility index (Phi) is 12.4. The van der Waals surface area contributed by atoms with E-state index < -0.39 is 70.3 Å². The second-order valence-corrected chi connectivity index (χ2v) is 16.8. The predicted molar refractivity (Wildman–Crippen MR) is 226 cm³/mol. The molecule has 1 aliphatic carbocycles. The second-order valence-electron chi connectivity index (χ2n) is 16.8. The number of allylic oxidation sites excluding steroid dienone is 1. The first-order valence-electron chi connectivity index (χ1n) is 20.4. The van der Waals surface area contributed by atoms with Gasteiger partial charge >= 0.3 is 12.1 Å². The van der Waals surface area contributed by atoms with E-state index in [9.17, 15) is 19.5 Å². The Morgan fingerprint density at radius 1 is 0.983 bits per heavy atom. The Hall–Kier alpha value is -6.18. The topological polar surface area (TPSA) is 190 Å². The van der Waals surface area contributed by atoms with Crippen molar-refractivity contribution < 1.29 is 38.6 Å². The SMILES string of the molecule is C=CCCCCC[C@H](NC(=O)c1cnc(C)cn1)C(=O)[C@]1(C(=O)N[C@]2(C(=O)O)C[C@]2(C=C)CC)C[C@@H](Oc2nc3ccccc3c3ccccc23)CN1C(=O)OC(C)(C)C. The smallest absolute Gasteiger partial charge is 0.411 e. The quantitative estimate of drug-likeness (QED) is 0.0429. The minimum Gasteiger partial charge on any atom is -0.479 e. The number of aliphatic carboxylic acids is 1. The van der Waals surface area contributed by atoms with Crippen LogP contribution < -0.4 is 15.4 Å². The van der Waals surface area contributed by atoms with Crippen LogP contribution in [0.4, 0.5) is 4.79 Å². The number of fused-ring (bicyclic) bond motifs is 3. The van der Waals surface area contributed by atoms with Crippen molar-refractivity contribution in [2.75, 3.05) is 6.54 Å². The number of rotatable bonds is 17. The fraction of sp³-hybridized carbons (Fsp3) is 0.435. The van der Waals surface area contributed by atoms with Crippen molar-refractivity contribution in [1.29, 1.82) is 0 Å². The van der Waals surface area contributed by atoms with Gasteiger partial charge in [-0.2, -0.15) is 0 Å². The molecule has 2 fully saturated rings. The molecule has 0 unspecified atom stereocenters. The lowest BCUT2D eigenvalue weighted by molar-refractivity contribution is -0.150. The summed E-state index contributed by atoms with van der Waals surface area (Å²) in [6.45, 7) is 15.8. The minimum atomic E-state index is -2.44. The number of carbonyl (C=O) groups is 5. The summed E-state index contributed by atoms with van der Waals surface area (Å²) in [6.07, 6.45) is 6.59. The number of para-hydroxylation sites is 1. The van der Waals surface area contributed by atoms with Crippen molar-refractivity contribution in [3.8, 4) is 5.88 Å². The van der Waals surface area contributed by atoms with Gasteiger partial charge < -0.3 is 25.2 Å². The summed E-state index contributed by atoms with van der Waals surface area (Å²) in [7, 11) is 0. The van der Waals surface area contributed by atoms with Crippen LogP contribution in [0.15, 0.2) is 86.2 Å². The van der Waals surface area contributed by atoms with E-state index in [-0.39, 0.29) is 31.0 Å². The fourth-order valence-electron chi connectivity index (χ4n) is 8.34. The van der Waals surface area contributed by atoms with Crippen LogP contribution in [0.2, 0.25) is 0 Å². The third-order valence-electron chi connectivity index (χ3n) is 11.7. The Morgan fingerprint density at radius 3 is 2.30 bits per heavy atom. The van der Waals surface area contributed by atoms with E-state index in [2.05, 4.69) is 33.8 Å². The summed E-state index contributed by atoms with van der Waals surface area (Å²) in [5.41, 5.74) is -5.21. The highest BCUT2D eigenvalue weighted by molar-refractivity contribution is 6.17. The molecule has 60 heavy (non-hydrogen) atoms. The molecule has 6 rings (SSSR count). The van der Waals surface area contributed by atoms with Crippen LogP contribution in [0.5, 0.6) is 5.88 Å². The van der Waals surface area contributed by atoms with E-state index in [1.165, 1.54) is 18.5 Å². The maximum atomic E-state index is 15.7. The summed E-state index contributed by atoms with van der Waals surface area (Å²) in [5, 5.41) is 18.6. The van der Waals surface area contributed by atoms with Gasteiger partial charge in [0.05, 0.1) is 30.0 Å². The zero-order valence-electron chi connectivity index (χ0n) is 35.0. The number of hydrogen-bond acceptors (Lipinski definition) is 10. The van der Waals surface area contributed by atoms with Gasteiger partial charge in [-0.25, -0.2) is 19.6 Å². The Morgan fingerprint density at radius 2 is 1.68 bits per heavy atom. The van der Waals surface area contributed by atoms with Crippen LogP contribution >= 0.6 is 0 Å². The Labute approximate surface area is 349 Å². The highest BCUT2D eigenvalue weighted by Gasteiger charge is 2.73. The average Bonchev–Trinajstić information content (AvgIpc) is 3.72. The van der Waals surface area contributed by atoms with Gasteiger partial charge in [-0.3, -0.25) is 24.3 Å². The molecule has 5 atom stereocenters. The number of pyridine rings is 1. The normalized spacial score (nSPS) is 22.8. The van der Waals surface area contributed by atoms with Crippen LogP contribution in [-0.2, 0) is 19.1 Å². The van der Waals surface area contributed by atoms with Crippen molar-refractivity contribution in [1.82, 2.24) is 30.5 Å². The van der Waals surface area contributed by atoms with E-state index in [1.54, 1.807) is 40.7 Å². The van der Waals surface area contributed by atoms with Gasteiger partial charge in [-0.15, -0.1) is 13.2 Å². The van der Waals surface area contributed by atoms with Crippen molar-refractivity contribution in [2.45, 2.75) is 115 Å². The second kappa shape index (κ2) is 17.2. The highest BCUT2D eigenvalue weighted by atomic mass is 16.6. The van der Waals surface area contributed by atoms with E-state index in [0.29, 0.717) is 35.9 Å². The number of amides is 3. The summed E-state index contributed by atoms with van der Waals surface area (Å²) in [4.78, 5) is 86.7. The van der Waals surface area contributed by atoms with Gasteiger partial charge in [0, 0.05) is 28.8 Å². The molecule has 1 saturated carbocycles. The molecular weight excluding hydrogens is 765 g/mol. The summed E-state index contributed by atoms with van der Waals surface area (Å²) < 4.78 is 12.5. The van der Waals surface area contributed by atoms with Crippen molar-refractivity contribution in [3.63, 3.8) is 0 Å². The lowest BCUT2D eigenvalue weighted by Gasteiger charge is -2.39. The van der Waals surface area contributed by atoms with Gasteiger partial charge in [0.2, 0.25) is 5.88 Å². The average molecular weight is 819 g/mol. The number of carboxylic acid groups (broad SMARTS) is 1. The van der Waals surface area contributed by atoms with Gasteiger partial charge in [0.25, 0.3) is 11.8 Å². The van der Waals surface area contributed by atoms with Gasteiger partial charge in [-0.05, 0) is 77.3 Å². The zero-order valence-corrected chi connectivity index (χ0v) is 35.0. The molecule has 14 heteroatoms. The molecule has 3 heterocycles.